The van der Waals surface area contributed by atoms with Gasteiger partial charge in [0.15, 0.2) is 5.78 Å². The van der Waals surface area contributed by atoms with Crippen LogP contribution >= 0.6 is 22.7 Å². The molecule has 0 spiro atoms. The first-order valence-electron chi connectivity index (χ1n) is 20.2. The van der Waals surface area contributed by atoms with E-state index in [0.717, 1.165) is 48.7 Å². The van der Waals surface area contributed by atoms with Crippen LogP contribution < -0.4 is 0 Å². The topological polar surface area (TPSA) is 50.2 Å². The second-order valence-corrected chi connectivity index (χ2v) is 19.5. The Labute approximate surface area is 358 Å². The molecule has 0 amide bonds. The van der Waals surface area contributed by atoms with E-state index in [1.165, 1.54) is 63.6 Å². The van der Waals surface area contributed by atoms with Gasteiger partial charge in [-0.2, -0.15) is 0 Å². The van der Waals surface area contributed by atoms with E-state index in [1.54, 1.807) is 0 Å². The van der Waals surface area contributed by atoms with Gasteiger partial charge in [-0.1, -0.05) is 117 Å². The van der Waals surface area contributed by atoms with Crippen molar-refractivity contribution < 1.29 is 30.0 Å². The van der Waals surface area contributed by atoms with Gasteiger partial charge in [0.05, 0.1) is 0 Å². The largest absolute Gasteiger partial charge is 0.512 e. The Bertz CT molecular complexity index is 2340. The third-order valence-corrected chi connectivity index (χ3v) is 14.8. The van der Waals surface area contributed by atoms with E-state index in [1.807, 2.05) is 70.4 Å². The first kappa shape index (κ1) is 45.6. The number of fused-ring (bicyclic) bond motifs is 3. The summed E-state index contributed by atoms with van der Waals surface area (Å²) in [4.78, 5) is 20.0. The molecule has 1 radical (unpaired) electrons. The zero-order chi connectivity index (χ0) is 40.5. The van der Waals surface area contributed by atoms with E-state index >= 15 is 0 Å². The number of carbonyl (C=O) groups is 1. The van der Waals surface area contributed by atoms with E-state index < -0.39 is 0 Å². The molecule has 56 heavy (non-hydrogen) atoms. The van der Waals surface area contributed by atoms with Gasteiger partial charge in [-0.25, -0.2) is 0 Å². The Morgan fingerprint density at radius 1 is 0.839 bits per heavy atom. The fourth-order valence-corrected chi connectivity index (χ4v) is 10.2. The summed E-state index contributed by atoms with van der Waals surface area (Å²) in [7, 11) is 0. The maximum absolute atomic E-state index is 12.2. The molecule has 3 nitrogen and oxygen atoms in total. The van der Waals surface area contributed by atoms with Crippen molar-refractivity contribution in [3.05, 3.63) is 100 Å². The molecule has 0 aliphatic heterocycles. The molecule has 0 unspecified atom stereocenters. The first-order chi connectivity index (χ1) is 25.9. The van der Waals surface area contributed by atoms with Crippen molar-refractivity contribution in [1.29, 1.82) is 0 Å². The minimum Gasteiger partial charge on any atom is -0.512 e. The number of allylic oxidation sites excluding steroid dienone is 2. The molecular weight excluding hydrogens is 903 g/mol. The van der Waals surface area contributed by atoms with Crippen LogP contribution in [0.3, 0.4) is 0 Å². The van der Waals surface area contributed by atoms with Crippen LogP contribution in [0, 0.1) is 36.7 Å². The predicted molar refractivity (Wildman–Crippen MR) is 242 cm³/mol. The van der Waals surface area contributed by atoms with Crippen LogP contribution in [0.15, 0.2) is 72.6 Å². The number of thiophene rings is 2. The minimum absolute atomic E-state index is 0. The summed E-state index contributed by atoms with van der Waals surface area (Å²) >= 11 is 3.85. The Balaban J connectivity index is 0.000000330. The number of hydrogen-bond donors (Lipinski definition) is 1. The Morgan fingerprint density at radius 3 is 2.09 bits per heavy atom. The molecule has 0 fully saturated rings. The molecule has 3 heterocycles. The fourth-order valence-electron chi connectivity index (χ4n) is 7.36. The zero-order valence-corrected chi connectivity index (χ0v) is 39.9. The smallest absolute Gasteiger partial charge is 0.164 e. The molecule has 3 aromatic carbocycles. The van der Waals surface area contributed by atoms with Crippen LogP contribution in [0.2, 0.25) is 0 Å². The van der Waals surface area contributed by atoms with Crippen molar-refractivity contribution in [2.45, 2.75) is 128 Å². The Hall–Kier alpha value is -3.15. The summed E-state index contributed by atoms with van der Waals surface area (Å²) in [6.45, 7) is 28.2. The molecule has 6 aromatic rings. The van der Waals surface area contributed by atoms with E-state index in [9.17, 15) is 9.90 Å². The number of benzene rings is 3. The molecule has 6 heteroatoms. The Morgan fingerprint density at radius 2 is 1.48 bits per heavy atom. The summed E-state index contributed by atoms with van der Waals surface area (Å²) in [6, 6.07) is 23.7. The van der Waals surface area contributed by atoms with Gasteiger partial charge in [-0.3, -0.25) is 9.78 Å². The second-order valence-electron chi connectivity index (χ2n) is 17.3. The zero-order valence-electron chi connectivity index (χ0n) is 35.9. The van der Waals surface area contributed by atoms with Gasteiger partial charge in [0.25, 0.3) is 0 Å². The molecule has 0 bridgehead atoms. The van der Waals surface area contributed by atoms with Crippen LogP contribution in [0.1, 0.15) is 123 Å². The average Bonchev–Trinajstić information content (AvgIpc) is 3.68. The van der Waals surface area contributed by atoms with Crippen LogP contribution in [0.5, 0.6) is 0 Å². The van der Waals surface area contributed by atoms with Gasteiger partial charge in [0, 0.05) is 79.0 Å². The number of ketones is 1. The third kappa shape index (κ3) is 9.10. The van der Waals surface area contributed by atoms with Gasteiger partial charge in [0.1, 0.15) is 5.76 Å². The van der Waals surface area contributed by atoms with Gasteiger partial charge in [-0.15, -0.1) is 51.8 Å². The number of rotatable bonds is 11. The fraction of sp³-hybridized carbons (Fsp3) is 0.440. The maximum Gasteiger partial charge on any atom is 0.164 e. The van der Waals surface area contributed by atoms with Crippen LogP contribution in [0.4, 0.5) is 0 Å². The maximum atomic E-state index is 12.2. The number of aromatic nitrogens is 1. The Kier molecular flexibility index (Phi) is 14.8. The first-order valence-corrected chi connectivity index (χ1v) is 21.9. The second kappa shape index (κ2) is 18.2. The molecular formula is C50H62IrNO2S2-. The third-order valence-electron chi connectivity index (χ3n) is 12.2. The molecule has 301 valence electrons. The van der Waals surface area contributed by atoms with Crippen molar-refractivity contribution in [3.63, 3.8) is 0 Å². The van der Waals surface area contributed by atoms with Gasteiger partial charge >= 0.3 is 0 Å². The van der Waals surface area contributed by atoms with Crippen molar-refractivity contribution in [2.75, 3.05) is 0 Å². The molecule has 0 atom stereocenters. The van der Waals surface area contributed by atoms with E-state index in [0.29, 0.717) is 5.92 Å². The number of pyridine rings is 1. The van der Waals surface area contributed by atoms with E-state index in [-0.39, 0.29) is 47.9 Å². The summed E-state index contributed by atoms with van der Waals surface area (Å²) in [5, 5.41) is 15.3. The molecule has 3 aromatic heterocycles. The minimum atomic E-state index is -0.337. The number of aryl methyl sites for hydroxylation is 2. The van der Waals surface area contributed by atoms with Crippen LogP contribution in [0.25, 0.3) is 52.6 Å². The number of carbonyl (C=O) groups excluding carboxylic acids is 1. The summed E-state index contributed by atoms with van der Waals surface area (Å²) in [5.74, 6) is 0.940. The van der Waals surface area contributed by atoms with Gasteiger partial charge < -0.3 is 5.11 Å². The van der Waals surface area contributed by atoms with E-state index in [2.05, 4.69) is 109 Å². The van der Waals surface area contributed by atoms with Gasteiger partial charge in [-0.05, 0) is 85.9 Å². The molecule has 1 N–H and O–H groups in total. The van der Waals surface area contributed by atoms with Crippen molar-refractivity contribution in [3.8, 4) is 21.7 Å². The van der Waals surface area contributed by atoms with E-state index in [4.69, 9.17) is 4.98 Å². The summed E-state index contributed by atoms with van der Waals surface area (Å²) < 4.78 is 2.64. The molecule has 6 rings (SSSR count). The van der Waals surface area contributed by atoms with Crippen molar-refractivity contribution >= 4 is 59.4 Å². The number of hydrogen-bond acceptors (Lipinski definition) is 5. The van der Waals surface area contributed by atoms with Crippen molar-refractivity contribution in [1.82, 2.24) is 4.98 Å². The summed E-state index contributed by atoms with van der Waals surface area (Å²) in [6.07, 6.45) is 7.86. The number of nitrogens with zero attached hydrogens (tertiary/aromatic N) is 1. The van der Waals surface area contributed by atoms with Crippen LogP contribution in [-0.2, 0) is 36.7 Å². The molecule has 0 saturated heterocycles. The SMILES string of the molecule is CCC(C)(CC)C(=O)/C=C(\O)C(C)(CC)CC.Cc1c(-c2cccc3sc(CC(C)C)c(C)c23)sc2c(-c3[c-]c4ccccc4c(C(C)(C)C)c3)nccc12.[Ir]. The number of aliphatic hydroxyl groups is 1. The van der Waals surface area contributed by atoms with Gasteiger partial charge in [0.2, 0.25) is 0 Å². The predicted octanol–water partition coefficient (Wildman–Crippen LogP) is 15.6. The quantitative estimate of drug-likeness (QED) is 0.0800. The monoisotopic (exact) mass is 965 g/mol. The normalized spacial score (nSPS) is 12.6. The van der Waals surface area contributed by atoms with Crippen molar-refractivity contribution in [2.24, 2.45) is 16.7 Å². The summed E-state index contributed by atoms with van der Waals surface area (Å²) in [5.41, 5.74) is 7.02. The number of aliphatic hydroxyl groups excluding tert-OH is 1. The molecule has 0 saturated carbocycles. The standard InChI is InChI=1S/C35H34NS2.C15H28O2.Ir/c1-20(2)17-30-22(4)31-27(13-10-14-29(31)37-30)33-21(3)25-15-16-36-32(34(25)38-33)24-18-23-11-8-9-12-26(23)28(19-24)35(5,6)7;1-7-14(5,8-2)12(16)11-13(17)15(6,9-3)10-4;/h8-16,19-20H,17H2,1-7H3;11,16H,7-10H2,1-6H3;/q-1;;/b;12-11-;. The molecule has 0 aliphatic rings. The van der Waals surface area contributed by atoms with Crippen LogP contribution in [-0.4, -0.2) is 15.9 Å². The average molecular weight is 965 g/mol. The molecule has 0 aliphatic carbocycles.